The number of amides is 2. The SMILES string of the molecule is NC(=O)C1CC2(CCC(F)CC2)C(=O)N1c1cccc(F)c1. The molecule has 1 unspecified atom stereocenters. The molecule has 2 amide bonds. The largest absolute Gasteiger partial charge is 0.368 e. The quantitative estimate of drug-likeness (QED) is 0.911. The molecule has 4 nitrogen and oxygen atoms in total. The molecule has 118 valence electrons. The summed E-state index contributed by atoms with van der Waals surface area (Å²) >= 11 is 0. The number of carbonyl (C=O) groups is 2. The fraction of sp³-hybridized carbons (Fsp3) is 0.500. The van der Waals surface area contributed by atoms with Gasteiger partial charge in [0.05, 0.1) is 5.41 Å². The summed E-state index contributed by atoms with van der Waals surface area (Å²) in [6, 6.07) is 4.75. The number of hydrogen-bond donors (Lipinski definition) is 1. The Bertz CT molecular complexity index is 612. The molecule has 0 radical (unpaired) electrons. The lowest BCUT2D eigenvalue weighted by molar-refractivity contribution is -0.128. The molecule has 0 bridgehead atoms. The molecule has 1 aliphatic carbocycles. The number of carbonyl (C=O) groups excluding carboxylic acids is 2. The minimum absolute atomic E-state index is 0.242. The van der Waals surface area contributed by atoms with Gasteiger partial charge >= 0.3 is 0 Å². The van der Waals surface area contributed by atoms with Crippen LogP contribution >= 0.6 is 0 Å². The third-order valence-corrected chi connectivity index (χ3v) is 4.86. The van der Waals surface area contributed by atoms with E-state index in [1.165, 1.54) is 23.1 Å². The molecule has 3 rings (SSSR count). The number of anilines is 1. The topological polar surface area (TPSA) is 63.4 Å². The molecule has 22 heavy (non-hydrogen) atoms. The maximum absolute atomic E-state index is 13.5. The van der Waals surface area contributed by atoms with Crippen LogP contribution in [0.3, 0.4) is 0 Å². The highest BCUT2D eigenvalue weighted by molar-refractivity contribution is 6.06. The second-order valence-corrected chi connectivity index (χ2v) is 6.23. The van der Waals surface area contributed by atoms with E-state index in [9.17, 15) is 18.4 Å². The standard InChI is InChI=1S/C16H18F2N2O2/c17-10-4-6-16(7-5-10)9-13(14(19)21)20(15(16)22)12-3-1-2-11(18)8-12/h1-3,8,10,13H,4-7,9H2,(H2,19,21). The zero-order valence-electron chi connectivity index (χ0n) is 12.1. The number of primary amides is 1. The van der Waals surface area contributed by atoms with Crippen molar-refractivity contribution in [1.82, 2.24) is 0 Å². The number of halogens is 2. The van der Waals surface area contributed by atoms with Crippen LogP contribution in [0.4, 0.5) is 14.5 Å². The van der Waals surface area contributed by atoms with Crippen LogP contribution in [-0.2, 0) is 9.59 Å². The van der Waals surface area contributed by atoms with Gasteiger partial charge in [-0.1, -0.05) is 6.07 Å². The molecule has 6 heteroatoms. The summed E-state index contributed by atoms with van der Waals surface area (Å²) in [7, 11) is 0. The normalized spacial score (nSPS) is 31.7. The average Bonchev–Trinajstić information content (AvgIpc) is 2.76. The first-order chi connectivity index (χ1) is 10.4. The highest BCUT2D eigenvalue weighted by Gasteiger charge is 2.54. The summed E-state index contributed by atoms with van der Waals surface area (Å²) in [5, 5.41) is 0. The number of hydrogen-bond acceptors (Lipinski definition) is 2. The van der Waals surface area contributed by atoms with E-state index >= 15 is 0 Å². The highest BCUT2D eigenvalue weighted by Crippen LogP contribution is 2.49. The van der Waals surface area contributed by atoms with Crippen molar-refractivity contribution in [3.8, 4) is 0 Å². The Morgan fingerprint density at radius 3 is 2.59 bits per heavy atom. The van der Waals surface area contributed by atoms with Crippen LogP contribution in [0.5, 0.6) is 0 Å². The maximum Gasteiger partial charge on any atom is 0.240 e. The smallest absolute Gasteiger partial charge is 0.240 e. The Balaban J connectivity index is 1.97. The maximum atomic E-state index is 13.5. The van der Waals surface area contributed by atoms with Gasteiger partial charge in [-0.3, -0.25) is 14.5 Å². The van der Waals surface area contributed by atoms with Crippen molar-refractivity contribution in [2.45, 2.75) is 44.3 Å². The van der Waals surface area contributed by atoms with Gasteiger partial charge < -0.3 is 5.73 Å². The Kier molecular flexibility index (Phi) is 3.62. The van der Waals surface area contributed by atoms with Gasteiger partial charge in [-0.05, 0) is 50.3 Å². The Morgan fingerprint density at radius 1 is 1.32 bits per heavy atom. The molecule has 1 heterocycles. The zero-order chi connectivity index (χ0) is 15.9. The molecule has 1 aromatic carbocycles. The van der Waals surface area contributed by atoms with Gasteiger partial charge in [-0.2, -0.15) is 0 Å². The average molecular weight is 308 g/mol. The molecule has 2 N–H and O–H groups in total. The number of nitrogens with two attached hydrogens (primary N) is 1. The van der Waals surface area contributed by atoms with E-state index in [1.54, 1.807) is 6.07 Å². The van der Waals surface area contributed by atoms with Crippen molar-refractivity contribution in [2.75, 3.05) is 4.90 Å². The number of alkyl halides is 1. The molecule has 1 spiro atoms. The summed E-state index contributed by atoms with van der Waals surface area (Å²) in [4.78, 5) is 26.0. The van der Waals surface area contributed by atoms with Crippen LogP contribution in [0, 0.1) is 11.2 Å². The predicted octanol–water partition coefficient (Wildman–Crippen LogP) is 2.31. The van der Waals surface area contributed by atoms with Gasteiger partial charge in [0.15, 0.2) is 0 Å². The van der Waals surface area contributed by atoms with E-state index in [2.05, 4.69) is 0 Å². The lowest BCUT2D eigenvalue weighted by atomic mass is 9.71. The van der Waals surface area contributed by atoms with Crippen molar-refractivity contribution >= 4 is 17.5 Å². The van der Waals surface area contributed by atoms with Gasteiger partial charge in [0, 0.05) is 5.69 Å². The van der Waals surface area contributed by atoms with Gasteiger partial charge in [0.2, 0.25) is 11.8 Å². The fourth-order valence-corrected chi connectivity index (χ4v) is 3.65. The molecule has 1 aliphatic heterocycles. The number of nitrogens with zero attached hydrogens (tertiary/aromatic N) is 1. The fourth-order valence-electron chi connectivity index (χ4n) is 3.65. The molecular weight excluding hydrogens is 290 g/mol. The summed E-state index contributed by atoms with van der Waals surface area (Å²) < 4.78 is 26.9. The van der Waals surface area contributed by atoms with Crippen LogP contribution in [-0.4, -0.2) is 24.0 Å². The second kappa shape index (κ2) is 5.34. The van der Waals surface area contributed by atoms with Crippen LogP contribution in [0.1, 0.15) is 32.1 Å². The first-order valence-electron chi connectivity index (χ1n) is 7.45. The van der Waals surface area contributed by atoms with Crippen molar-refractivity contribution in [2.24, 2.45) is 11.1 Å². The summed E-state index contributed by atoms with van der Waals surface area (Å²) in [5.74, 6) is -1.34. The lowest BCUT2D eigenvalue weighted by Gasteiger charge is -2.32. The van der Waals surface area contributed by atoms with E-state index in [4.69, 9.17) is 5.73 Å². The monoisotopic (exact) mass is 308 g/mol. The van der Waals surface area contributed by atoms with Crippen molar-refractivity contribution in [3.05, 3.63) is 30.1 Å². The van der Waals surface area contributed by atoms with Gasteiger partial charge in [-0.25, -0.2) is 8.78 Å². The van der Waals surface area contributed by atoms with Crippen molar-refractivity contribution in [1.29, 1.82) is 0 Å². The molecule has 1 aromatic rings. The van der Waals surface area contributed by atoms with Gasteiger partial charge in [0.1, 0.15) is 18.0 Å². The van der Waals surface area contributed by atoms with Crippen LogP contribution < -0.4 is 10.6 Å². The molecule has 1 atom stereocenters. The molecular formula is C16H18F2N2O2. The van der Waals surface area contributed by atoms with E-state index in [-0.39, 0.29) is 12.3 Å². The van der Waals surface area contributed by atoms with Crippen LogP contribution in [0.25, 0.3) is 0 Å². The van der Waals surface area contributed by atoms with Gasteiger partial charge in [-0.15, -0.1) is 0 Å². The minimum atomic E-state index is -0.895. The highest BCUT2D eigenvalue weighted by atomic mass is 19.1. The van der Waals surface area contributed by atoms with E-state index in [1.807, 2.05) is 0 Å². The van der Waals surface area contributed by atoms with Crippen molar-refractivity contribution in [3.63, 3.8) is 0 Å². The van der Waals surface area contributed by atoms with E-state index in [0.717, 1.165) is 0 Å². The first kappa shape index (κ1) is 14.9. The Morgan fingerprint density at radius 2 is 2.00 bits per heavy atom. The number of rotatable bonds is 2. The third-order valence-electron chi connectivity index (χ3n) is 4.86. The van der Waals surface area contributed by atoms with Gasteiger partial charge in [0.25, 0.3) is 0 Å². The third kappa shape index (κ3) is 2.36. The molecule has 2 fully saturated rings. The first-order valence-corrected chi connectivity index (χ1v) is 7.45. The number of benzene rings is 1. The zero-order valence-corrected chi connectivity index (χ0v) is 12.1. The Hall–Kier alpha value is -1.98. The summed E-state index contributed by atoms with van der Waals surface area (Å²) in [6.07, 6.45) is 0.826. The Labute approximate surface area is 127 Å². The van der Waals surface area contributed by atoms with Crippen LogP contribution in [0.2, 0.25) is 0 Å². The molecule has 2 aliphatic rings. The molecule has 0 aromatic heterocycles. The second-order valence-electron chi connectivity index (χ2n) is 6.23. The van der Waals surface area contributed by atoms with Crippen LogP contribution in [0.15, 0.2) is 24.3 Å². The molecule has 1 saturated carbocycles. The molecule has 1 saturated heterocycles. The van der Waals surface area contributed by atoms with E-state index in [0.29, 0.717) is 31.4 Å². The summed E-state index contributed by atoms with van der Waals surface area (Å²) in [6.45, 7) is 0. The van der Waals surface area contributed by atoms with Crippen molar-refractivity contribution < 1.29 is 18.4 Å². The summed E-state index contributed by atoms with van der Waals surface area (Å²) in [5.41, 5.74) is 5.03. The lowest BCUT2D eigenvalue weighted by Crippen LogP contribution is -2.43. The predicted molar refractivity (Wildman–Crippen MR) is 77.3 cm³/mol. The van der Waals surface area contributed by atoms with E-state index < -0.39 is 29.4 Å². The minimum Gasteiger partial charge on any atom is -0.368 e.